The van der Waals surface area contributed by atoms with Crippen molar-refractivity contribution in [3.8, 4) is 6.07 Å². The highest BCUT2D eigenvalue weighted by atomic mass is 35.5. The molecule has 6 heteroatoms. The molecule has 0 unspecified atom stereocenters. The van der Waals surface area contributed by atoms with E-state index in [2.05, 4.69) is 11.4 Å². The summed E-state index contributed by atoms with van der Waals surface area (Å²) in [4.78, 5) is 12.5. The molecule has 0 bridgehead atoms. The summed E-state index contributed by atoms with van der Waals surface area (Å²) in [5.41, 5.74) is 1.12. The number of carbonyl (C=O) groups is 1. The van der Waals surface area contributed by atoms with E-state index < -0.39 is 11.2 Å². The summed E-state index contributed by atoms with van der Waals surface area (Å²) in [5, 5.41) is 11.2. The summed E-state index contributed by atoms with van der Waals surface area (Å²) in [6.07, 6.45) is 0.479. The summed E-state index contributed by atoms with van der Waals surface area (Å²) in [5.74, 6) is -0.959. The Morgan fingerprint density at radius 2 is 1.75 bits per heavy atom. The van der Waals surface area contributed by atoms with E-state index in [0.29, 0.717) is 17.7 Å². The second kappa shape index (κ2) is 7.21. The third-order valence-corrected chi connectivity index (χ3v) is 4.14. The molecule has 0 heterocycles. The number of nitrogens with one attached hydrogen (secondary N) is 1. The van der Waals surface area contributed by atoms with Crippen LogP contribution in [-0.4, -0.2) is 5.91 Å². The first-order valence-corrected chi connectivity index (χ1v) is 7.93. The van der Waals surface area contributed by atoms with Gasteiger partial charge in [0.05, 0.1) is 21.7 Å². The number of halogens is 3. The average Bonchev–Trinajstić information content (AvgIpc) is 2.53. The molecule has 0 saturated carbocycles. The van der Waals surface area contributed by atoms with Crippen molar-refractivity contribution in [3.05, 3.63) is 63.4 Å². The molecule has 0 fully saturated rings. The number of hydrogen-bond acceptors (Lipinski definition) is 2. The first-order valence-electron chi connectivity index (χ1n) is 7.18. The van der Waals surface area contributed by atoms with Gasteiger partial charge in [-0.15, -0.1) is 0 Å². The molecule has 0 aliphatic heterocycles. The van der Waals surface area contributed by atoms with E-state index in [-0.39, 0.29) is 16.0 Å². The van der Waals surface area contributed by atoms with Crippen molar-refractivity contribution in [1.29, 1.82) is 5.26 Å². The lowest BCUT2D eigenvalue weighted by molar-refractivity contribution is -0.123. The minimum absolute atomic E-state index is 0.150. The molecule has 0 atom stereocenters. The molecule has 2 aromatic rings. The maximum absolute atomic E-state index is 13.4. The van der Waals surface area contributed by atoms with E-state index in [1.807, 2.05) is 12.1 Å². The summed E-state index contributed by atoms with van der Waals surface area (Å²) < 4.78 is 13.4. The van der Waals surface area contributed by atoms with Crippen LogP contribution in [0.15, 0.2) is 36.4 Å². The van der Waals surface area contributed by atoms with Gasteiger partial charge in [-0.05, 0) is 36.2 Å². The van der Waals surface area contributed by atoms with Crippen molar-refractivity contribution >= 4 is 34.8 Å². The van der Waals surface area contributed by atoms with Crippen molar-refractivity contribution in [3.63, 3.8) is 0 Å². The third-order valence-electron chi connectivity index (χ3n) is 3.59. The second-order valence-electron chi connectivity index (χ2n) is 6.08. The van der Waals surface area contributed by atoms with Crippen molar-refractivity contribution in [2.45, 2.75) is 20.3 Å². The van der Waals surface area contributed by atoms with Crippen LogP contribution in [0.3, 0.4) is 0 Å². The van der Waals surface area contributed by atoms with Crippen molar-refractivity contribution in [2.24, 2.45) is 5.41 Å². The van der Waals surface area contributed by atoms with Gasteiger partial charge in [0.2, 0.25) is 5.91 Å². The van der Waals surface area contributed by atoms with Crippen LogP contribution in [-0.2, 0) is 11.2 Å². The fourth-order valence-corrected chi connectivity index (χ4v) is 2.70. The molecule has 0 aliphatic carbocycles. The van der Waals surface area contributed by atoms with Crippen molar-refractivity contribution in [1.82, 2.24) is 0 Å². The highest BCUT2D eigenvalue weighted by Gasteiger charge is 2.28. The molecule has 0 spiro atoms. The molecule has 124 valence electrons. The maximum atomic E-state index is 13.4. The lowest BCUT2D eigenvalue weighted by atomic mass is 9.84. The van der Waals surface area contributed by atoms with Gasteiger partial charge in [0, 0.05) is 11.1 Å². The molecule has 1 amide bonds. The van der Waals surface area contributed by atoms with Gasteiger partial charge in [-0.3, -0.25) is 4.79 Å². The Morgan fingerprint density at radius 3 is 2.25 bits per heavy atom. The Hall–Kier alpha value is -2.09. The van der Waals surface area contributed by atoms with Gasteiger partial charge in [0.15, 0.2) is 5.82 Å². The molecule has 0 saturated heterocycles. The molecule has 0 aliphatic rings. The first kappa shape index (κ1) is 18.3. The third kappa shape index (κ3) is 4.25. The number of hydrogen-bond donors (Lipinski definition) is 1. The number of anilines is 1. The predicted molar refractivity (Wildman–Crippen MR) is 93.7 cm³/mol. The average molecular weight is 365 g/mol. The quantitative estimate of drug-likeness (QED) is 0.756. The van der Waals surface area contributed by atoms with E-state index in [9.17, 15) is 9.18 Å². The number of nitriles is 1. The zero-order chi connectivity index (χ0) is 17.9. The molecular formula is C18H15Cl2FN2O. The van der Waals surface area contributed by atoms with Crippen LogP contribution in [0.25, 0.3) is 0 Å². The van der Waals surface area contributed by atoms with Crippen LogP contribution in [0.2, 0.25) is 10.0 Å². The number of carbonyl (C=O) groups excluding carboxylic acids is 1. The minimum Gasteiger partial charge on any atom is -0.326 e. The molecule has 0 radical (unpaired) electrons. The zero-order valence-electron chi connectivity index (χ0n) is 13.2. The van der Waals surface area contributed by atoms with Crippen LogP contribution in [0.5, 0.6) is 0 Å². The van der Waals surface area contributed by atoms with E-state index in [4.69, 9.17) is 28.5 Å². The largest absolute Gasteiger partial charge is 0.326 e. The summed E-state index contributed by atoms with van der Waals surface area (Å²) in [6.45, 7) is 3.60. The van der Waals surface area contributed by atoms with Crippen LogP contribution in [0.1, 0.15) is 25.0 Å². The highest BCUT2D eigenvalue weighted by molar-refractivity contribution is 6.35. The fourth-order valence-electron chi connectivity index (χ4n) is 2.22. The Balaban J connectivity index is 2.13. The normalized spacial score (nSPS) is 11.0. The Morgan fingerprint density at radius 1 is 1.21 bits per heavy atom. The van der Waals surface area contributed by atoms with Gasteiger partial charge < -0.3 is 5.32 Å². The molecule has 24 heavy (non-hydrogen) atoms. The molecular weight excluding hydrogens is 350 g/mol. The second-order valence-corrected chi connectivity index (χ2v) is 6.89. The zero-order valence-corrected chi connectivity index (χ0v) is 14.7. The molecule has 2 rings (SSSR count). The van der Waals surface area contributed by atoms with Gasteiger partial charge >= 0.3 is 0 Å². The molecule has 3 nitrogen and oxygen atoms in total. The fraction of sp³-hybridized carbons (Fsp3) is 0.222. The van der Waals surface area contributed by atoms with Gasteiger partial charge in [-0.2, -0.15) is 5.26 Å². The predicted octanol–water partition coefficient (Wildman–Crippen LogP) is 5.21. The maximum Gasteiger partial charge on any atom is 0.230 e. The smallest absolute Gasteiger partial charge is 0.230 e. The first-order chi connectivity index (χ1) is 11.2. The molecule has 1 N–H and O–H groups in total. The minimum atomic E-state index is -0.721. The Kier molecular flexibility index (Phi) is 5.48. The summed E-state index contributed by atoms with van der Waals surface area (Å²) >= 11 is 11.5. The van der Waals surface area contributed by atoms with Gasteiger partial charge in [-0.25, -0.2) is 4.39 Å². The highest BCUT2D eigenvalue weighted by Crippen LogP contribution is 2.29. The van der Waals surface area contributed by atoms with Crippen LogP contribution < -0.4 is 5.32 Å². The van der Waals surface area contributed by atoms with Gasteiger partial charge in [-0.1, -0.05) is 49.2 Å². The number of amides is 1. The lowest BCUT2D eigenvalue weighted by Crippen LogP contribution is -2.32. The van der Waals surface area contributed by atoms with E-state index in [1.165, 1.54) is 12.1 Å². The lowest BCUT2D eigenvalue weighted by Gasteiger charge is -2.24. The Bertz CT molecular complexity index is 788. The standard InChI is InChI=1S/C18H15Cl2FN2O/c1-18(2,9-11-3-5-12(10-22)6-4-11)17(24)23-13-7-14(19)16(21)15(20)8-13/h3-8H,9H2,1-2H3,(H,23,24). The monoisotopic (exact) mass is 364 g/mol. The van der Waals surface area contributed by atoms with Crippen molar-refractivity contribution in [2.75, 3.05) is 5.32 Å². The topological polar surface area (TPSA) is 52.9 Å². The molecule has 2 aromatic carbocycles. The van der Waals surface area contributed by atoms with Crippen LogP contribution in [0.4, 0.5) is 10.1 Å². The van der Waals surface area contributed by atoms with Gasteiger partial charge in [0.25, 0.3) is 0 Å². The van der Waals surface area contributed by atoms with Crippen LogP contribution in [0, 0.1) is 22.6 Å². The summed E-state index contributed by atoms with van der Waals surface area (Å²) in [7, 11) is 0. The number of benzene rings is 2. The van der Waals surface area contributed by atoms with Crippen molar-refractivity contribution < 1.29 is 9.18 Å². The van der Waals surface area contributed by atoms with Gasteiger partial charge in [0.1, 0.15) is 0 Å². The number of rotatable bonds is 4. The van der Waals surface area contributed by atoms with E-state index >= 15 is 0 Å². The number of nitrogens with zero attached hydrogens (tertiary/aromatic N) is 1. The van der Waals surface area contributed by atoms with Crippen LogP contribution >= 0.6 is 23.2 Å². The SMILES string of the molecule is CC(C)(Cc1ccc(C#N)cc1)C(=O)Nc1cc(Cl)c(F)c(Cl)c1. The van der Waals surface area contributed by atoms with E-state index in [1.54, 1.807) is 26.0 Å². The Labute approximate surface area is 150 Å². The summed E-state index contributed by atoms with van der Waals surface area (Å²) in [6, 6.07) is 11.7. The molecule has 0 aromatic heterocycles. The van der Waals surface area contributed by atoms with E-state index in [0.717, 1.165) is 5.56 Å².